The third-order valence-corrected chi connectivity index (χ3v) is 3.56. The summed E-state index contributed by atoms with van der Waals surface area (Å²) in [7, 11) is 0. The van der Waals surface area contributed by atoms with E-state index in [0.717, 1.165) is 25.7 Å². The lowest BCUT2D eigenvalue weighted by atomic mass is 9.77. The van der Waals surface area contributed by atoms with E-state index >= 15 is 0 Å². The third-order valence-electron chi connectivity index (χ3n) is 3.56. The lowest BCUT2D eigenvalue weighted by molar-refractivity contribution is -0.129. The zero-order valence-electron chi connectivity index (χ0n) is 11.2. The second-order valence-electron chi connectivity index (χ2n) is 5.16. The first-order valence-electron chi connectivity index (χ1n) is 6.90. The fourth-order valence-electron chi connectivity index (χ4n) is 2.10. The third kappa shape index (κ3) is 4.04. The highest BCUT2D eigenvalue weighted by Gasteiger charge is 2.39. The molecule has 0 aliphatic heterocycles. The highest BCUT2D eigenvalue weighted by Crippen LogP contribution is 2.28. The van der Waals surface area contributed by atoms with Crippen molar-refractivity contribution in [2.75, 3.05) is 13.2 Å². The van der Waals surface area contributed by atoms with E-state index in [0.29, 0.717) is 19.8 Å². The second kappa shape index (κ2) is 6.68. The van der Waals surface area contributed by atoms with Gasteiger partial charge in [0.25, 0.3) is 0 Å². The quantitative estimate of drug-likeness (QED) is 0.733. The van der Waals surface area contributed by atoms with Crippen molar-refractivity contribution < 1.29 is 9.53 Å². The standard InChI is InChI=1S/C15H22N2O2/c16-15(8-4-9-15)14(18)17-10-5-11-19-12-13-6-2-1-3-7-13/h1-3,6-7H,4-5,8-12,16H2,(H,17,18). The molecule has 1 aromatic rings. The number of ether oxygens (including phenoxy) is 1. The molecule has 0 radical (unpaired) electrons. The van der Waals surface area contributed by atoms with Crippen molar-refractivity contribution in [3.05, 3.63) is 35.9 Å². The average molecular weight is 262 g/mol. The van der Waals surface area contributed by atoms with Gasteiger partial charge in [0.2, 0.25) is 5.91 Å². The molecule has 0 heterocycles. The molecule has 1 amide bonds. The van der Waals surface area contributed by atoms with Gasteiger partial charge in [0.05, 0.1) is 12.1 Å². The summed E-state index contributed by atoms with van der Waals surface area (Å²) in [6.07, 6.45) is 3.49. The molecule has 2 rings (SSSR count). The van der Waals surface area contributed by atoms with Crippen molar-refractivity contribution in [2.24, 2.45) is 5.73 Å². The Balaban J connectivity index is 1.52. The van der Waals surface area contributed by atoms with Gasteiger partial charge in [-0.3, -0.25) is 4.79 Å². The summed E-state index contributed by atoms with van der Waals surface area (Å²) >= 11 is 0. The Bertz CT molecular complexity index is 402. The van der Waals surface area contributed by atoms with Crippen LogP contribution in [0.3, 0.4) is 0 Å². The molecule has 0 spiro atoms. The van der Waals surface area contributed by atoms with Crippen LogP contribution >= 0.6 is 0 Å². The van der Waals surface area contributed by atoms with Gasteiger partial charge in [-0.2, -0.15) is 0 Å². The van der Waals surface area contributed by atoms with Crippen molar-refractivity contribution in [3.8, 4) is 0 Å². The molecular formula is C15H22N2O2. The summed E-state index contributed by atoms with van der Waals surface area (Å²) in [4.78, 5) is 11.7. The van der Waals surface area contributed by atoms with Gasteiger partial charge in [0.1, 0.15) is 0 Å². The number of amides is 1. The first-order valence-corrected chi connectivity index (χ1v) is 6.90. The molecule has 3 N–H and O–H groups in total. The molecule has 0 saturated heterocycles. The van der Waals surface area contributed by atoms with E-state index in [1.165, 1.54) is 5.56 Å². The molecule has 19 heavy (non-hydrogen) atoms. The minimum atomic E-state index is -0.592. The summed E-state index contributed by atoms with van der Waals surface area (Å²) in [5.74, 6) is -0.0122. The van der Waals surface area contributed by atoms with Crippen LogP contribution in [0.1, 0.15) is 31.2 Å². The molecule has 1 aliphatic rings. The Hall–Kier alpha value is -1.39. The van der Waals surface area contributed by atoms with Crippen LogP contribution in [-0.4, -0.2) is 24.6 Å². The molecular weight excluding hydrogens is 240 g/mol. The molecule has 4 nitrogen and oxygen atoms in total. The predicted molar refractivity (Wildman–Crippen MR) is 74.5 cm³/mol. The van der Waals surface area contributed by atoms with Crippen LogP contribution in [0.25, 0.3) is 0 Å². The van der Waals surface area contributed by atoms with Crippen molar-refractivity contribution in [2.45, 2.75) is 37.8 Å². The average Bonchev–Trinajstić information content (AvgIpc) is 2.41. The number of hydrogen-bond acceptors (Lipinski definition) is 3. The lowest BCUT2D eigenvalue weighted by Gasteiger charge is -2.36. The van der Waals surface area contributed by atoms with Gasteiger partial charge in [-0.15, -0.1) is 0 Å². The van der Waals surface area contributed by atoms with E-state index in [-0.39, 0.29) is 5.91 Å². The number of hydrogen-bond donors (Lipinski definition) is 2. The van der Waals surface area contributed by atoms with Crippen LogP contribution in [0.15, 0.2) is 30.3 Å². The molecule has 4 heteroatoms. The Morgan fingerprint density at radius 3 is 2.68 bits per heavy atom. The van der Waals surface area contributed by atoms with Crippen molar-refractivity contribution in [1.82, 2.24) is 5.32 Å². The van der Waals surface area contributed by atoms with Gasteiger partial charge >= 0.3 is 0 Å². The van der Waals surface area contributed by atoms with Crippen LogP contribution in [0.4, 0.5) is 0 Å². The van der Waals surface area contributed by atoms with Crippen LogP contribution in [0, 0.1) is 0 Å². The largest absolute Gasteiger partial charge is 0.377 e. The normalized spacial score (nSPS) is 16.7. The molecule has 0 atom stereocenters. The molecule has 0 aromatic heterocycles. The zero-order valence-corrected chi connectivity index (χ0v) is 11.2. The number of carbonyl (C=O) groups is 1. The highest BCUT2D eigenvalue weighted by atomic mass is 16.5. The number of carbonyl (C=O) groups excluding carboxylic acids is 1. The van der Waals surface area contributed by atoms with Crippen molar-refractivity contribution in [1.29, 1.82) is 0 Å². The maximum Gasteiger partial charge on any atom is 0.240 e. The summed E-state index contributed by atoms with van der Waals surface area (Å²) in [6, 6.07) is 10.1. The van der Waals surface area contributed by atoms with E-state index < -0.39 is 5.54 Å². The van der Waals surface area contributed by atoms with E-state index in [1.54, 1.807) is 0 Å². The predicted octanol–water partition coefficient (Wildman–Crippen LogP) is 1.59. The van der Waals surface area contributed by atoms with Gasteiger partial charge in [-0.25, -0.2) is 0 Å². The minimum Gasteiger partial charge on any atom is -0.377 e. The maximum atomic E-state index is 11.7. The number of nitrogens with two attached hydrogens (primary N) is 1. The van der Waals surface area contributed by atoms with Gasteiger partial charge in [-0.1, -0.05) is 30.3 Å². The van der Waals surface area contributed by atoms with Crippen LogP contribution in [-0.2, 0) is 16.1 Å². The SMILES string of the molecule is NC1(C(=O)NCCCOCc2ccccc2)CCC1. The molecule has 1 aromatic carbocycles. The van der Waals surface area contributed by atoms with Crippen LogP contribution in [0.5, 0.6) is 0 Å². The molecule has 1 fully saturated rings. The van der Waals surface area contributed by atoms with E-state index in [2.05, 4.69) is 5.32 Å². The molecule has 0 unspecified atom stereocenters. The fraction of sp³-hybridized carbons (Fsp3) is 0.533. The Morgan fingerprint density at radius 1 is 1.32 bits per heavy atom. The lowest BCUT2D eigenvalue weighted by Crippen LogP contribution is -2.58. The summed E-state index contributed by atoms with van der Waals surface area (Å²) in [6.45, 7) is 1.90. The Morgan fingerprint density at radius 2 is 2.05 bits per heavy atom. The van der Waals surface area contributed by atoms with E-state index in [4.69, 9.17) is 10.5 Å². The second-order valence-corrected chi connectivity index (χ2v) is 5.16. The minimum absolute atomic E-state index is 0.0122. The molecule has 0 bridgehead atoms. The summed E-state index contributed by atoms with van der Waals surface area (Å²) in [5.41, 5.74) is 6.50. The van der Waals surface area contributed by atoms with E-state index in [1.807, 2.05) is 30.3 Å². The number of rotatable bonds is 7. The molecule has 1 aliphatic carbocycles. The number of benzene rings is 1. The zero-order chi connectivity index (χ0) is 13.6. The smallest absolute Gasteiger partial charge is 0.240 e. The van der Waals surface area contributed by atoms with Gasteiger partial charge in [-0.05, 0) is 31.2 Å². The molecule has 1 saturated carbocycles. The number of nitrogens with one attached hydrogen (secondary N) is 1. The van der Waals surface area contributed by atoms with Crippen LogP contribution < -0.4 is 11.1 Å². The Labute approximate surface area is 114 Å². The Kier molecular flexibility index (Phi) is 4.93. The molecule has 104 valence electrons. The topological polar surface area (TPSA) is 64.4 Å². The monoisotopic (exact) mass is 262 g/mol. The highest BCUT2D eigenvalue weighted by molar-refractivity contribution is 5.86. The van der Waals surface area contributed by atoms with E-state index in [9.17, 15) is 4.79 Å². The fourth-order valence-corrected chi connectivity index (χ4v) is 2.10. The summed E-state index contributed by atoms with van der Waals surface area (Å²) < 4.78 is 5.54. The maximum absolute atomic E-state index is 11.7. The van der Waals surface area contributed by atoms with Gasteiger partial charge < -0.3 is 15.8 Å². The summed E-state index contributed by atoms with van der Waals surface area (Å²) in [5, 5.41) is 2.88. The van der Waals surface area contributed by atoms with Gasteiger partial charge in [0, 0.05) is 13.2 Å². The van der Waals surface area contributed by atoms with Crippen molar-refractivity contribution >= 4 is 5.91 Å². The van der Waals surface area contributed by atoms with Crippen LogP contribution in [0.2, 0.25) is 0 Å². The first kappa shape index (κ1) is 14.0. The van der Waals surface area contributed by atoms with Gasteiger partial charge in [0.15, 0.2) is 0 Å². The first-order chi connectivity index (χ1) is 9.21. The van der Waals surface area contributed by atoms with Crippen molar-refractivity contribution in [3.63, 3.8) is 0 Å².